The van der Waals surface area contributed by atoms with Gasteiger partial charge in [0.25, 0.3) is 11.8 Å². The Kier molecular flexibility index (Phi) is 7.44. The van der Waals surface area contributed by atoms with Crippen molar-refractivity contribution in [3.05, 3.63) is 17.5 Å². The van der Waals surface area contributed by atoms with Crippen molar-refractivity contribution in [3.8, 4) is 0 Å². The Morgan fingerprint density at radius 3 is 2.77 bits per heavy atom. The molecule has 1 N–H and O–H groups in total. The predicted molar refractivity (Wildman–Crippen MR) is 133 cm³/mol. The summed E-state index contributed by atoms with van der Waals surface area (Å²) in [4.78, 5) is 40.9. The number of fused-ring (bicyclic) bond motifs is 1. The van der Waals surface area contributed by atoms with Gasteiger partial charge in [0, 0.05) is 30.5 Å². The number of rotatable bonds is 7. The molecule has 2 aliphatic heterocycles. The average molecular weight is 559 g/mol. The zero-order valence-corrected chi connectivity index (χ0v) is 23.1. The molecule has 0 aromatic carbocycles. The van der Waals surface area contributed by atoms with E-state index in [-0.39, 0.29) is 17.7 Å². The van der Waals surface area contributed by atoms with Crippen LogP contribution in [0, 0.1) is 5.41 Å². The van der Waals surface area contributed by atoms with E-state index in [4.69, 9.17) is 4.74 Å². The molecule has 0 radical (unpaired) electrons. The standard InChI is InChI=1S/C20H26N6O5S4/c1-11(34-18-21-23-24-22-18)20(17(29)31-19(3,4)5)9-25-15(28)14(16(25)33-10-20)26(12(2)27)35(30)13-7-6-8-32-13/h6-8,11,14,16H,9-10H2,1-5H3,(H,21,22,23,24)/t11?,14?,16-,20?,35?/m1/s1. The Hall–Kier alpha value is -1.81. The van der Waals surface area contributed by atoms with E-state index in [1.807, 2.05) is 6.92 Å². The number of tetrazole rings is 1. The summed E-state index contributed by atoms with van der Waals surface area (Å²) in [6.45, 7) is 8.69. The molecule has 2 amide bonds. The molecule has 2 saturated heterocycles. The zero-order valence-electron chi connectivity index (χ0n) is 19.8. The number of carbonyl (C=O) groups excluding carboxylic acids is 3. The van der Waals surface area contributed by atoms with E-state index < -0.39 is 45.7 Å². The van der Waals surface area contributed by atoms with Crippen LogP contribution in [0.5, 0.6) is 0 Å². The van der Waals surface area contributed by atoms with Crippen molar-refractivity contribution in [2.24, 2.45) is 5.41 Å². The van der Waals surface area contributed by atoms with Crippen LogP contribution in [-0.2, 0) is 30.5 Å². The number of hydrogen-bond donors (Lipinski definition) is 1. The van der Waals surface area contributed by atoms with Crippen LogP contribution in [0.1, 0.15) is 34.6 Å². The van der Waals surface area contributed by atoms with E-state index in [0.29, 0.717) is 15.1 Å². The lowest BCUT2D eigenvalue weighted by Gasteiger charge is -2.56. The molecule has 0 saturated carbocycles. The van der Waals surface area contributed by atoms with Gasteiger partial charge in [0.05, 0.1) is 0 Å². The number of carbonyl (C=O) groups is 3. The van der Waals surface area contributed by atoms with Gasteiger partial charge in [-0.25, -0.2) is 5.10 Å². The number of amides is 2. The number of ether oxygens (including phenoxy) is 1. The van der Waals surface area contributed by atoms with Crippen LogP contribution in [0.25, 0.3) is 0 Å². The van der Waals surface area contributed by atoms with Gasteiger partial charge in [-0.05, 0) is 42.6 Å². The Labute approximate surface area is 218 Å². The number of H-pyrrole nitrogens is 1. The average Bonchev–Trinajstić information content (AvgIpc) is 3.49. The maximum absolute atomic E-state index is 13.5. The number of nitrogens with one attached hydrogen (secondary N) is 1. The Balaban J connectivity index is 1.59. The predicted octanol–water partition coefficient (Wildman–Crippen LogP) is 1.92. The first-order valence-electron chi connectivity index (χ1n) is 10.8. The maximum Gasteiger partial charge on any atom is 0.316 e. The molecular formula is C20H26N6O5S4. The minimum atomic E-state index is -1.79. The van der Waals surface area contributed by atoms with Gasteiger partial charge in [-0.1, -0.05) is 30.0 Å². The highest BCUT2D eigenvalue weighted by atomic mass is 32.2. The fraction of sp³-hybridized carbons (Fsp3) is 0.600. The van der Waals surface area contributed by atoms with E-state index in [2.05, 4.69) is 20.6 Å². The molecule has 190 valence electrons. The zero-order chi connectivity index (χ0) is 25.5. The normalized spacial score (nSPS) is 25.9. The molecule has 2 fully saturated rings. The van der Waals surface area contributed by atoms with Crippen LogP contribution in [0.15, 0.2) is 26.9 Å². The summed E-state index contributed by atoms with van der Waals surface area (Å²) in [5, 5.41) is 15.3. The molecule has 4 unspecified atom stereocenters. The summed E-state index contributed by atoms with van der Waals surface area (Å²) >= 11 is 2.17. The second kappa shape index (κ2) is 9.92. The van der Waals surface area contributed by atoms with Gasteiger partial charge in [0.15, 0.2) is 6.04 Å². The maximum atomic E-state index is 13.5. The molecule has 15 heteroatoms. The molecular weight excluding hydrogens is 533 g/mol. The van der Waals surface area contributed by atoms with Crippen molar-refractivity contribution >= 4 is 64.0 Å². The van der Waals surface area contributed by atoms with Gasteiger partial charge in [0.1, 0.15) is 27.8 Å². The summed E-state index contributed by atoms with van der Waals surface area (Å²) < 4.78 is 20.6. The van der Waals surface area contributed by atoms with Crippen LogP contribution >= 0.6 is 34.9 Å². The van der Waals surface area contributed by atoms with Gasteiger partial charge < -0.3 is 14.2 Å². The molecule has 2 aliphatic rings. The first-order chi connectivity index (χ1) is 16.4. The number of nitrogens with zero attached hydrogens (tertiary/aromatic N) is 5. The molecule has 0 bridgehead atoms. The molecule has 4 rings (SSSR count). The smallest absolute Gasteiger partial charge is 0.316 e. The molecule has 35 heavy (non-hydrogen) atoms. The van der Waals surface area contributed by atoms with Crippen LogP contribution in [0.3, 0.4) is 0 Å². The van der Waals surface area contributed by atoms with Gasteiger partial charge in [0.2, 0.25) is 9.37 Å². The summed E-state index contributed by atoms with van der Waals surface area (Å²) in [6, 6.07) is 2.56. The van der Waals surface area contributed by atoms with Crippen molar-refractivity contribution < 1.29 is 23.7 Å². The Morgan fingerprint density at radius 1 is 1.46 bits per heavy atom. The van der Waals surface area contributed by atoms with Crippen molar-refractivity contribution in [1.82, 2.24) is 29.8 Å². The number of thiophene rings is 1. The lowest BCUT2D eigenvalue weighted by atomic mass is 9.83. The second-order valence-electron chi connectivity index (χ2n) is 9.26. The quantitative estimate of drug-likeness (QED) is 0.232. The van der Waals surface area contributed by atoms with Crippen molar-refractivity contribution in [2.75, 3.05) is 12.3 Å². The lowest BCUT2D eigenvalue weighted by molar-refractivity contribution is -0.172. The van der Waals surface area contributed by atoms with E-state index in [0.717, 1.165) is 4.31 Å². The topological polar surface area (TPSA) is 144 Å². The lowest BCUT2D eigenvalue weighted by Crippen LogP contribution is -2.75. The van der Waals surface area contributed by atoms with Gasteiger partial charge >= 0.3 is 5.97 Å². The van der Waals surface area contributed by atoms with Crippen LogP contribution in [0.2, 0.25) is 0 Å². The Morgan fingerprint density at radius 2 is 2.20 bits per heavy atom. The summed E-state index contributed by atoms with van der Waals surface area (Å²) in [6.07, 6.45) is 0. The van der Waals surface area contributed by atoms with Crippen LogP contribution in [0.4, 0.5) is 0 Å². The number of hydrogen-bond acceptors (Lipinski definition) is 11. The number of esters is 1. The second-order valence-corrected chi connectivity index (χ2v) is 14.2. The summed E-state index contributed by atoms with van der Waals surface area (Å²) in [5.74, 6) is -0.847. The van der Waals surface area contributed by atoms with Gasteiger partial charge in [-0.15, -0.1) is 21.2 Å². The largest absolute Gasteiger partial charge is 0.587 e. The molecule has 0 aliphatic carbocycles. The SMILES string of the molecule is CC(=O)N(C1C(=O)N2CC(C(=O)OC(C)(C)C)(C(C)Sc3nnn[nH]3)CS[C@H]12)[S+]([O-])c1cccs1. The number of aromatic nitrogens is 4. The van der Waals surface area contributed by atoms with Crippen molar-refractivity contribution in [2.45, 2.75) is 66.3 Å². The molecule has 4 heterocycles. The highest BCUT2D eigenvalue weighted by molar-refractivity contribution is 8.01. The summed E-state index contributed by atoms with van der Waals surface area (Å²) in [7, 11) is 0. The van der Waals surface area contributed by atoms with Crippen LogP contribution in [-0.4, -0.2) is 86.7 Å². The van der Waals surface area contributed by atoms with E-state index >= 15 is 0 Å². The van der Waals surface area contributed by atoms with Crippen molar-refractivity contribution in [1.29, 1.82) is 0 Å². The third kappa shape index (κ3) is 5.05. The highest BCUT2D eigenvalue weighted by Gasteiger charge is 2.63. The fourth-order valence-electron chi connectivity index (χ4n) is 3.93. The third-order valence-corrected chi connectivity index (χ3v) is 11.1. The molecule has 5 atom stereocenters. The number of aromatic amines is 1. The fourth-order valence-corrected chi connectivity index (χ4v) is 9.03. The third-order valence-electron chi connectivity index (χ3n) is 5.68. The van der Waals surface area contributed by atoms with E-state index in [1.54, 1.807) is 43.2 Å². The minimum Gasteiger partial charge on any atom is -0.587 e. The van der Waals surface area contributed by atoms with Gasteiger partial charge in [-0.3, -0.25) is 14.4 Å². The summed E-state index contributed by atoms with van der Waals surface area (Å²) in [5.41, 5.74) is -1.76. The van der Waals surface area contributed by atoms with Crippen LogP contribution < -0.4 is 0 Å². The monoisotopic (exact) mass is 558 g/mol. The molecule has 2 aromatic heterocycles. The number of thioether (sulfide) groups is 2. The Bertz CT molecular complexity index is 1080. The molecule has 11 nitrogen and oxygen atoms in total. The van der Waals surface area contributed by atoms with E-state index in [1.165, 1.54) is 41.8 Å². The minimum absolute atomic E-state index is 0.113. The number of β-lactam (4-membered cyclic amide) rings is 1. The van der Waals surface area contributed by atoms with Gasteiger partial charge in [-0.2, -0.15) is 0 Å². The molecule has 2 aromatic rings. The first-order valence-corrected chi connectivity index (χ1v) is 14.7. The highest BCUT2D eigenvalue weighted by Crippen LogP contribution is 2.50. The molecule has 0 spiro atoms. The van der Waals surface area contributed by atoms with Crippen molar-refractivity contribution in [3.63, 3.8) is 0 Å². The first kappa shape index (κ1) is 26.3. The van der Waals surface area contributed by atoms with E-state index in [9.17, 15) is 18.9 Å².